The summed E-state index contributed by atoms with van der Waals surface area (Å²) in [6.07, 6.45) is 1.43. The fourth-order valence-corrected chi connectivity index (χ4v) is 3.75. The number of halogens is 2. The molecule has 0 aromatic heterocycles. The van der Waals surface area contributed by atoms with Gasteiger partial charge in [0.25, 0.3) is 10.1 Å². The summed E-state index contributed by atoms with van der Waals surface area (Å²) < 4.78 is 41.1. The third-order valence-corrected chi connectivity index (χ3v) is 5.38. The minimum absolute atomic E-state index is 0.0795. The molecule has 0 spiro atoms. The Labute approximate surface area is 172 Å². The molecule has 2 atom stereocenters. The van der Waals surface area contributed by atoms with Gasteiger partial charge in [-0.05, 0) is 35.7 Å². The number of amides is 2. The number of hydrogen-bond donors (Lipinski definition) is 2. The first-order chi connectivity index (χ1) is 13.6. The van der Waals surface area contributed by atoms with E-state index in [-0.39, 0.29) is 23.2 Å². The predicted octanol–water partition coefficient (Wildman–Crippen LogP) is 2.42. The summed E-state index contributed by atoms with van der Waals surface area (Å²) in [7, 11) is -3.65. The maximum absolute atomic E-state index is 13.5. The van der Waals surface area contributed by atoms with Crippen molar-refractivity contribution >= 4 is 39.2 Å². The monoisotopic (exact) mass is 440 g/mol. The second kappa shape index (κ2) is 8.48. The van der Waals surface area contributed by atoms with Gasteiger partial charge in [0.05, 0.1) is 23.9 Å². The smallest absolute Gasteiger partial charge is 0.313 e. The predicted molar refractivity (Wildman–Crippen MR) is 105 cm³/mol. The molecule has 0 fully saturated rings. The molecule has 1 aliphatic rings. The van der Waals surface area contributed by atoms with Crippen molar-refractivity contribution in [1.29, 1.82) is 0 Å². The number of fused-ring (bicyclic) bond motifs is 1. The average molecular weight is 441 g/mol. The molecule has 0 bridgehead atoms. The number of carbonyl (C=O) groups is 2. The van der Waals surface area contributed by atoms with Crippen LogP contribution in [0, 0.1) is 11.7 Å². The number of hydrogen-bond acceptors (Lipinski definition) is 5. The Hall–Kier alpha value is -2.49. The van der Waals surface area contributed by atoms with Crippen LogP contribution >= 0.6 is 11.6 Å². The summed E-state index contributed by atoms with van der Waals surface area (Å²) in [5.41, 5.74) is 1.80. The quantitative estimate of drug-likeness (QED) is 0.549. The third kappa shape index (κ3) is 5.31. The maximum atomic E-state index is 13.5. The van der Waals surface area contributed by atoms with Gasteiger partial charge in [0.2, 0.25) is 0 Å². The van der Waals surface area contributed by atoms with E-state index in [0.717, 1.165) is 23.4 Å². The molecular formula is C19H18ClFN2O5S. The van der Waals surface area contributed by atoms with E-state index in [4.69, 9.17) is 15.8 Å². The van der Waals surface area contributed by atoms with E-state index in [9.17, 15) is 22.4 Å². The highest BCUT2D eigenvalue weighted by atomic mass is 35.5. The summed E-state index contributed by atoms with van der Waals surface area (Å²) in [5.74, 6) is -3.02. The van der Waals surface area contributed by atoms with Gasteiger partial charge >= 0.3 is 11.8 Å². The summed E-state index contributed by atoms with van der Waals surface area (Å²) in [6.45, 7) is -0.136. The topological polar surface area (TPSA) is 102 Å². The largest absolute Gasteiger partial charge is 0.341 e. The molecule has 2 aromatic carbocycles. The van der Waals surface area contributed by atoms with Crippen LogP contribution in [0.5, 0.6) is 0 Å². The summed E-state index contributed by atoms with van der Waals surface area (Å²) in [4.78, 5) is 24.6. The number of rotatable bonds is 5. The van der Waals surface area contributed by atoms with Gasteiger partial charge < -0.3 is 10.6 Å². The Morgan fingerprint density at radius 3 is 2.62 bits per heavy atom. The lowest BCUT2D eigenvalue weighted by molar-refractivity contribution is -0.136. The van der Waals surface area contributed by atoms with Gasteiger partial charge in [-0.1, -0.05) is 35.9 Å². The Morgan fingerprint density at radius 2 is 1.93 bits per heavy atom. The highest BCUT2D eigenvalue weighted by Crippen LogP contribution is 2.36. The van der Waals surface area contributed by atoms with Crippen LogP contribution < -0.4 is 10.6 Å². The molecule has 0 radical (unpaired) electrons. The van der Waals surface area contributed by atoms with Crippen molar-refractivity contribution in [3.05, 3.63) is 64.4 Å². The van der Waals surface area contributed by atoms with Crippen molar-refractivity contribution in [3.63, 3.8) is 0 Å². The summed E-state index contributed by atoms with van der Waals surface area (Å²) in [6, 6.07) is 10.3. The Morgan fingerprint density at radius 1 is 1.21 bits per heavy atom. The van der Waals surface area contributed by atoms with E-state index in [1.54, 1.807) is 12.1 Å². The second-order valence-corrected chi connectivity index (χ2v) is 8.74. The van der Waals surface area contributed by atoms with E-state index in [2.05, 4.69) is 10.6 Å². The van der Waals surface area contributed by atoms with E-state index >= 15 is 0 Å². The third-order valence-electron chi connectivity index (χ3n) is 4.51. The Balaban J connectivity index is 1.73. The van der Waals surface area contributed by atoms with Crippen molar-refractivity contribution in [1.82, 2.24) is 5.32 Å². The molecule has 3 rings (SSSR count). The number of carbonyl (C=O) groups excluding carboxylic acids is 2. The van der Waals surface area contributed by atoms with Gasteiger partial charge in [-0.3, -0.25) is 13.8 Å². The zero-order valence-electron chi connectivity index (χ0n) is 15.3. The molecule has 1 aliphatic carbocycles. The lowest BCUT2D eigenvalue weighted by Crippen LogP contribution is -2.40. The molecule has 154 valence electrons. The zero-order chi connectivity index (χ0) is 21.2. The Kier molecular flexibility index (Phi) is 6.21. The van der Waals surface area contributed by atoms with Gasteiger partial charge in [0, 0.05) is 11.6 Å². The van der Waals surface area contributed by atoms with Crippen LogP contribution in [0.3, 0.4) is 0 Å². The van der Waals surface area contributed by atoms with E-state index in [1.165, 1.54) is 12.1 Å². The highest BCUT2D eigenvalue weighted by molar-refractivity contribution is 7.85. The second-order valence-electron chi connectivity index (χ2n) is 6.69. The molecule has 2 amide bonds. The highest BCUT2D eigenvalue weighted by Gasteiger charge is 2.35. The van der Waals surface area contributed by atoms with Crippen LogP contribution in [-0.4, -0.2) is 33.1 Å². The van der Waals surface area contributed by atoms with Crippen LogP contribution in [0.25, 0.3) is 0 Å². The molecule has 7 nitrogen and oxygen atoms in total. The van der Waals surface area contributed by atoms with Gasteiger partial charge in [-0.25, -0.2) is 4.39 Å². The van der Waals surface area contributed by atoms with Crippen molar-refractivity contribution in [2.75, 3.05) is 18.2 Å². The SMILES string of the molecule is CS(=O)(=O)OC[C@H]1Cc2ccccc2[C@@H]1NC(=O)C(=O)Nc1ccc(Cl)c(F)c1. The number of anilines is 1. The Bertz CT molecular complexity index is 1060. The molecule has 0 saturated carbocycles. The first kappa shape index (κ1) is 21.2. The van der Waals surface area contributed by atoms with Crippen LogP contribution in [0.1, 0.15) is 17.2 Å². The fraction of sp³-hybridized carbons (Fsp3) is 0.263. The minimum Gasteiger partial charge on any atom is -0.341 e. The van der Waals surface area contributed by atoms with Crippen LogP contribution in [0.2, 0.25) is 5.02 Å². The lowest BCUT2D eigenvalue weighted by atomic mass is 10.0. The first-order valence-electron chi connectivity index (χ1n) is 8.63. The maximum Gasteiger partial charge on any atom is 0.313 e. The van der Waals surface area contributed by atoms with Gasteiger partial charge in [-0.15, -0.1) is 0 Å². The molecule has 2 aromatic rings. The van der Waals surface area contributed by atoms with E-state index in [1.807, 2.05) is 12.1 Å². The van der Waals surface area contributed by atoms with Gasteiger partial charge in [0.1, 0.15) is 5.82 Å². The lowest BCUT2D eigenvalue weighted by Gasteiger charge is -2.21. The molecule has 0 unspecified atom stereocenters. The van der Waals surface area contributed by atoms with Crippen LogP contribution in [0.15, 0.2) is 42.5 Å². The zero-order valence-corrected chi connectivity index (χ0v) is 16.9. The molecular weight excluding hydrogens is 423 g/mol. The molecule has 29 heavy (non-hydrogen) atoms. The summed E-state index contributed by atoms with van der Waals surface area (Å²) >= 11 is 5.60. The van der Waals surface area contributed by atoms with Crippen molar-refractivity contribution in [2.24, 2.45) is 5.92 Å². The fourth-order valence-electron chi connectivity index (χ4n) is 3.21. The van der Waals surface area contributed by atoms with Gasteiger partial charge in [-0.2, -0.15) is 8.42 Å². The molecule has 10 heteroatoms. The number of benzene rings is 2. The van der Waals surface area contributed by atoms with Crippen molar-refractivity contribution in [3.8, 4) is 0 Å². The van der Waals surface area contributed by atoms with Crippen LogP contribution in [-0.2, 0) is 30.3 Å². The van der Waals surface area contributed by atoms with E-state index in [0.29, 0.717) is 6.42 Å². The minimum atomic E-state index is -3.65. The molecule has 0 saturated heterocycles. The number of nitrogens with one attached hydrogen (secondary N) is 2. The van der Waals surface area contributed by atoms with E-state index < -0.39 is 33.8 Å². The standard InChI is InChI=1S/C19H18ClFN2O5S/c1-29(26,27)28-10-12-8-11-4-2-3-5-14(11)17(12)23-19(25)18(24)22-13-6-7-15(20)16(21)9-13/h2-7,9,12,17H,8,10H2,1H3,(H,22,24)(H,23,25)/t12-,17-/m1/s1. The molecule has 0 aliphatic heterocycles. The van der Waals surface area contributed by atoms with Crippen LogP contribution in [0.4, 0.5) is 10.1 Å². The molecule has 0 heterocycles. The normalized spacial score (nSPS) is 18.2. The van der Waals surface area contributed by atoms with Crippen molar-refractivity contribution < 1.29 is 26.6 Å². The molecule has 2 N–H and O–H groups in total. The van der Waals surface area contributed by atoms with Crippen molar-refractivity contribution in [2.45, 2.75) is 12.5 Å². The average Bonchev–Trinajstić information content (AvgIpc) is 3.00. The van der Waals surface area contributed by atoms with Gasteiger partial charge in [0.15, 0.2) is 0 Å². The summed E-state index contributed by atoms with van der Waals surface area (Å²) in [5, 5.41) is 4.82. The first-order valence-corrected chi connectivity index (χ1v) is 10.8.